The minimum absolute atomic E-state index is 0.664. The van der Waals surface area contributed by atoms with Crippen LogP contribution in [0.3, 0.4) is 0 Å². The lowest BCUT2D eigenvalue weighted by Gasteiger charge is -2.21. The van der Waals surface area contributed by atoms with E-state index in [1.165, 1.54) is 0 Å². The lowest BCUT2D eigenvalue weighted by molar-refractivity contribution is 0.169. The summed E-state index contributed by atoms with van der Waals surface area (Å²) in [4.78, 5) is 0. The third kappa shape index (κ3) is 1.04. The largest absolute Gasteiger partial charge is 0.486 e. The van der Waals surface area contributed by atoms with E-state index in [1.807, 2.05) is 13.8 Å². The first-order valence-corrected chi connectivity index (χ1v) is 4.15. The molecule has 0 radical (unpaired) electrons. The van der Waals surface area contributed by atoms with Crippen molar-refractivity contribution in [1.82, 2.24) is 0 Å². The van der Waals surface area contributed by atoms with Crippen LogP contribution in [0, 0.1) is 13.8 Å². The van der Waals surface area contributed by atoms with Crippen molar-refractivity contribution < 1.29 is 9.47 Å². The van der Waals surface area contributed by atoms with Gasteiger partial charge in [-0.15, -0.1) is 0 Å². The number of benzene rings is 1. The smallest absolute Gasteiger partial charge is 0.164 e. The van der Waals surface area contributed by atoms with Gasteiger partial charge in [-0.2, -0.15) is 0 Å². The van der Waals surface area contributed by atoms with Crippen molar-refractivity contribution in [3.8, 4) is 11.5 Å². The molecular weight excluding hydrogens is 152 g/mol. The van der Waals surface area contributed by atoms with Crippen molar-refractivity contribution in [1.29, 1.82) is 0 Å². The van der Waals surface area contributed by atoms with Crippen LogP contribution in [0.4, 0.5) is 0 Å². The third-order valence-electron chi connectivity index (χ3n) is 2.08. The molecule has 1 heterocycles. The lowest BCUT2D eigenvalue weighted by atomic mass is 10.1. The molecule has 0 unspecified atom stereocenters. The third-order valence-corrected chi connectivity index (χ3v) is 2.08. The Bertz CT molecular complexity index is 274. The number of hydrogen-bond donors (Lipinski definition) is 0. The van der Waals surface area contributed by atoms with Gasteiger partial charge in [-0.25, -0.2) is 0 Å². The van der Waals surface area contributed by atoms with E-state index in [1.54, 1.807) is 0 Å². The maximum absolute atomic E-state index is 5.51. The first kappa shape index (κ1) is 7.47. The van der Waals surface area contributed by atoms with Gasteiger partial charge in [-0.05, 0) is 25.0 Å². The Labute approximate surface area is 72.1 Å². The molecule has 2 nitrogen and oxygen atoms in total. The first-order valence-electron chi connectivity index (χ1n) is 4.15. The molecule has 1 aromatic carbocycles. The van der Waals surface area contributed by atoms with Crippen molar-refractivity contribution in [3.05, 3.63) is 23.3 Å². The molecule has 1 aliphatic rings. The van der Waals surface area contributed by atoms with Gasteiger partial charge >= 0.3 is 0 Å². The summed E-state index contributed by atoms with van der Waals surface area (Å²) in [6, 6.07) is 4.12. The zero-order valence-corrected chi connectivity index (χ0v) is 7.39. The second kappa shape index (κ2) is 2.70. The summed E-state index contributed by atoms with van der Waals surface area (Å²) in [5.41, 5.74) is 2.30. The van der Waals surface area contributed by atoms with Gasteiger partial charge in [0.25, 0.3) is 0 Å². The highest BCUT2D eigenvalue weighted by atomic mass is 16.6. The summed E-state index contributed by atoms with van der Waals surface area (Å²) < 4.78 is 11.0. The standard InChI is InChI=1S/C10H12O2/c1-7-3-4-8(2)10-9(7)11-5-6-12-10/h3-4H,5-6H2,1-2H3. The molecule has 0 spiro atoms. The highest BCUT2D eigenvalue weighted by Crippen LogP contribution is 2.36. The molecule has 0 bridgehead atoms. The molecular formula is C10H12O2. The molecule has 64 valence electrons. The number of fused-ring (bicyclic) bond motifs is 1. The lowest BCUT2D eigenvalue weighted by Crippen LogP contribution is -2.16. The number of hydrogen-bond acceptors (Lipinski definition) is 2. The van der Waals surface area contributed by atoms with E-state index in [2.05, 4.69) is 12.1 Å². The molecule has 0 atom stereocenters. The van der Waals surface area contributed by atoms with E-state index in [0.717, 1.165) is 22.6 Å². The summed E-state index contributed by atoms with van der Waals surface area (Å²) in [5.74, 6) is 1.84. The van der Waals surface area contributed by atoms with Crippen molar-refractivity contribution in [3.63, 3.8) is 0 Å². The Morgan fingerprint density at radius 3 is 1.75 bits per heavy atom. The van der Waals surface area contributed by atoms with Gasteiger partial charge in [-0.3, -0.25) is 0 Å². The maximum atomic E-state index is 5.51. The average Bonchev–Trinajstić information content (AvgIpc) is 2.12. The SMILES string of the molecule is Cc1ccc(C)c2c1OCCO2. The van der Waals surface area contributed by atoms with Gasteiger partial charge in [0.2, 0.25) is 0 Å². The second-order valence-corrected chi connectivity index (χ2v) is 3.05. The van der Waals surface area contributed by atoms with Gasteiger partial charge in [0.05, 0.1) is 0 Å². The van der Waals surface area contributed by atoms with Crippen LogP contribution < -0.4 is 9.47 Å². The summed E-state index contributed by atoms with van der Waals surface area (Å²) in [7, 11) is 0. The van der Waals surface area contributed by atoms with Crippen LogP contribution in [0.1, 0.15) is 11.1 Å². The molecule has 0 aliphatic carbocycles. The predicted molar refractivity (Wildman–Crippen MR) is 46.9 cm³/mol. The van der Waals surface area contributed by atoms with Crippen molar-refractivity contribution in [2.24, 2.45) is 0 Å². The van der Waals surface area contributed by atoms with Crippen LogP contribution in [-0.2, 0) is 0 Å². The fourth-order valence-corrected chi connectivity index (χ4v) is 1.41. The van der Waals surface area contributed by atoms with Gasteiger partial charge in [-0.1, -0.05) is 12.1 Å². The van der Waals surface area contributed by atoms with Gasteiger partial charge < -0.3 is 9.47 Å². The molecule has 0 fully saturated rings. The normalized spacial score (nSPS) is 14.5. The van der Waals surface area contributed by atoms with Crippen LogP contribution in [0.5, 0.6) is 11.5 Å². The van der Waals surface area contributed by atoms with E-state index < -0.39 is 0 Å². The summed E-state index contributed by atoms with van der Waals surface area (Å²) in [5, 5.41) is 0. The van der Waals surface area contributed by atoms with Crippen molar-refractivity contribution in [2.75, 3.05) is 13.2 Å². The quantitative estimate of drug-likeness (QED) is 0.584. The van der Waals surface area contributed by atoms with E-state index in [-0.39, 0.29) is 0 Å². The first-order chi connectivity index (χ1) is 5.79. The molecule has 1 aliphatic heterocycles. The fourth-order valence-electron chi connectivity index (χ4n) is 1.41. The Morgan fingerprint density at radius 1 is 0.917 bits per heavy atom. The van der Waals surface area contributed by atoms with Crippen LogP contribution in [0.15, 0.2) is 12.1 Å². The molecule has 0 N–H and O–H groups in total. The van der Waals surface area contributed by atoms with Crippen molar-refractivity contribution in [2.45, 2.75) is 13.8 Å². The molecule has 2 rings (SSSR count). The monoisotopic (exact) mass is 164 g/mol. The zero-order valence-electron chi connectivity index (χ0n) is 7.39. The predicted octanol–water partition coefficient (Wildman–Crippen LogP) is 2.07. The van der Waals surface area contributed by atoms with E-state index in [9.17, 15) is 0 Å². The minimum Gasteiger partial charge on any atom is -0.486 e. The van der Waals surface area contributed by atoms with Crippen LogP contribution >= 0.6 is 0 Å². The Morgan fingerprint density at radius 2 is 1.33 bits per heavy atom. The molecule has 0 saturated carbocycles. The molecule has 0 aromatic heterocycles. The Hall–Kier alpha value is -1.18. The number of ether oxygens (including phenoxy) is 2. The van der Waals surface area contributed by atoms with Crippen LogP contribution in [0.25, 0.3) is 0 Å². The fraction of sp³-hybridized carbons (Fsp3) is 0.400. The van der Waals surface area contributed by atoms with E-state index in [4.69, 9.17) is 9.47 Å². The molecule has 0 saturated heterocycles. The van der Waals surface area contributed by atoms with Gasteiger partial charge in [0.1, 0.15) is 13.2 Å². The highest BCUT2D eigenvalue weighted by Gasteiger charge is 2.15. The second-order valence-electron chi connectivity index (χ2n) is 3.05. The van der Waals surface area contributed by atoms with Gasteiger partial charge in [0.15, 0.2) is 11.5 Å². The molecule has 12 heavy (non-hydrogen) atoms. The molecule has 0 amide bonds. The number of aryl methyl sites for hydroxylation is 2. The van der Waals surface area contributed by atoms with Crippen molar-refractivity contribution >= 4 is 0 Å². The average molecular weight is 164 g/mol. The van der Waals surface area contributed by atoms with Crippen LogP contribution in [0.2, 0.25) is 0 Å². The topological polar surface area (TPSA) is 18.5 Å². The van der Waals surface area contributed by atoms with Crippen LogP contribution in [-0.4, -0.2) is 13.2 Å². The van der Waals surface area contributed by atoms with E-state index in [0.29, 0.717) is 13.2 Å². The maximum Gasteiger partial charge on any atom is 0.164 e. The summed E-state index contributed by atoms with van der Waals surface area (Å²) in [6.45, 7) is 5.40. The summed E-state index contributed by atoms with van der Waals surface area (Å²) >= 11 is 0. The summed E-state index contributed by atoms with van der Waals surface area (Å²) in [6.07, 6.45) is 0. The highest BCUT2D eigenvalue weighted by molar-refractivity contribution is 5.51. The van der Waals surface area contributed by atoms with Gasteiger partial charge in [0, 0.05) is 0 Å². The Kier molecular flexibility index (Phi) is 1.68. The van der Waals surface area contributed by atoms with E-state index >= 15 is 0 Å². The number of rotatable bonds is 0. The Balaban J connectivity index is 2.57. The molecule has 2 heteroatoms. The zero-order chi connectivity index (χ0) is 8.55. The molecule has 1 aromatic rings. The minimum atomic E-state index is 0.664.